The van der Waals surface area contributed by atoms with Gasteiger partial charge in [-0.25, -0.2) is 14.6 Å². The lowest BCUT2D eigenvalue weighted by Gasteiger charge is -2.15. The standard InChI is InChI=1S/C17H24N6O6S2/c18-14-11-15(20-8-19-14)23(22-16(11)30-7-9-4-2-1-3-5-9)17-13(25)12(24)10(29-17)6-21-31(26,27)28/h4,8,10,12-13,17,21,24-25H,1-3,5-7H2,(H2,18,19,20)(H,26,27,28)/t10-,12-,13-,17-/m1/s1. The van der Waals surface area contributed by atoms with Crippen LogP contribution in [-0.4, -0.2) is 73.5 Å². The third kappa shape index (κ3) is 4.84. The number of nitrogens with one attached hydrogen (secondary N) is 1. The number of hydrogen-bond donors (Lipinski definition) is 5. The molecule has 1 aliphatic carbocycles. The highest BCUT2D eigenvalue weighted by atomic mass is 32.2. The van der Waals surface area contributed by atoms with Crippen molar-refractivity contribution in [3.63, 3.8) is 0 Å². The van der Waals surface area contributed by atoms with E-state index in [1.54, 1.807) is 0 Å². The second-order valence-electron chi connectivity index (χ2n) is 7.47. The molecule has 6 N–H and O–H groups in total. The number of aliphatic hydroxyl groups excluding tert-OH is 2. The molecule has 0 unspecified atom stereocenters. The Balaban J connectivity index is 1.61. The molecule has 12 nitrogen and oxygen atoms in total. The molecule has 14 heteroatoms. The lowest BCUT2D eigenvalue weighted by atomic mass is 10.0. The van der Waals surface area contributed by atoms with Crippen LogP contribution in [-0.2, 0) is 15.0 Å². The molecule has 4 rings (SSSR count). The molecule has 1 saturated heterocycles. The Morgan fingerprint density at radius 1 is 1.29 bits per heavy atom. The van der Waals surface area contributed by atoms with Crippen LogP contribution >= 0.6 is 11.8 Å². The molecular formula is C17H24N6O6S2. The summed E-state index contributed by atoms with van der Waals surface area (Å²) in [5.74, 6) is 0.965. The minimum Gasteiger partial charge on any atom is -0.387 e. The number of hydrogen-bond acceptors (Lipinski definition) is 10. The molecular weight excluding hydrogens is 448 g/mol. The van der Waals surface area contributed by atoms with Crippen LogP contribution in [0.5, 0.6) is 0 Å². The SMILES string of the molecule is Nc1ncnc2c1c(SCC1=CCCCC1)nn2[C@@H]1O[C@H](CNS(=O)(=O)O)[C@@H](O)[C@H]1O. The van der Waals surface area contributed by atoms with E-state index in [9.17, 15) is 18.6 Å². The predicted molar refractivity (Wildman–Crippen MR) is 112 cm³/mol. The maximum Gasteiger partial charge on any atom is 0.333 e. The van der Waals surface area contributed by atoms with Gasteiger partial charge < -0.3 is 20.7 Å². The number of nitrogens with two attached hydrogens (primary N) is 1. The average molecular weight is 473 g/mol. The molecule has 1 fully saturated rings. The first-order chi connectivity index (χ1) is 14.7. The van der Waals surface area contributed by atoms with Gasteiger partial charge in [0.15, 0.2) is 11.9 Å². The van der Waals surface area contributed by atoms with E-state index in [4.69, 9.17) is 15.0 Å². The molecule has 0 saturated carbocycles. The van der Waals surface area contributed by atoms with Gasteiger partial charge in [-0.2, -0.15) is 18.2 Å². The first-order valence-corrected chi connectivity index (χ1v) is 12.2. The van der Waals surface area contributed by atoms with E-state index in [0.717, 1.165) is 25.0 Å². The van der Waals surface area contributed by atoms with Crippen LogP contribution in [0, 0.1) is 0 Å². The molecule has 31 heavy (non-hydrogen) atoms. The molecule has 0 bridgehead atoms. The molecule has 170 valence electrons. The first kappa shape index (κ1) is 22.4. The van der Waals surface area contributed by atoms with Crippen LogP contribution in [0.25, 0.3) is 11.0 Å². The zero-order chi connectivity index (χ0) is 22.2. The normalized spacial score (nSPS) is 27.0. The summed E-state index contributed by atoms with van der Waals surface area (Å²) in [5.41, 5.74) is 7.73. The molecule has 2 aromatic rings. The number of aromatic nitrogens is 4. The molecule has 2 aromatic heterocycles. The van der Waals surface area contributed by atoms with E-state index in [-0.39, 0.29) is 5.82 Å². The third-order valence-corrected chi connectivity index (χ3v) is 6.92. The Hall–Kier alpha value is -1.81. The van der Waals surface area contributed by atoms with Gasteiger partial charge >= 0.3 is 10.3 Å². The van der Waals surface area contributed by atoms with Crippen molar-refractivity contribution in [2.75, 3.05) is 18.0 Å². The maximum atomic E-state index is 10.9. The smallest absolute Gasteiger partial charge is 0.333 e. The third-order valence-electron chi connectivity index (χ3n) is 5.31. The van der Waals surface area contributed by atoms with Crippen molar-refractivity contribution in [1.29, 1.82) is 0 Å². The Bertz CT molecular complexity index is 1090. The number of anilines is 1. The van der Waals surface area contributed by atoms with Crippen molar-refractivity contribution in [1.82, 2.24) is 24.5 Å². The molecule has 1 aliphatic heterocycles. The number of thioether (sulfide) groups is 1. The Morgan fingerprint density at radius 2 is 2.10 bits per heavy atom. The van der Waals surface area contributed by atoms with Crippen LogP contribution in [0.3, 0.4) is 0 Å². The first-order valence-electron chi connectivity index (χ1n) is 9.77. The zero-order valence-corrected chi connectivity index (χ0v) is 18.1. The lowest BCUT2D eigenvalue weighted by Crippen LogP contribution is -2.39. The summed E-state index contributed by atoms with van der Waals surface area (Å²) in [6.07, 6.45) is 2.89. The number of nitrogens with zero attached hydrogens (tertiary/aromatic N) is 4. The number of rotatable bonds is 7. The summed E-state index contributed by atoms with van der Waals surface area (Å²) in [5, 5.41) is 26.4. The largest absolute Gasteiger partial charge is 0.387 e. The molecule has 4 atom stereocenters. The lowest BCUT2D eigenvalue weighted by molar-refractivity contribution is -0.0407. The fraction of sp³-hybridized carbons (Fsp3) is 0.588. The van der Waals surface area contributed by atoms with E-state index in [2.05, 4.69) is 21.1 Å². The van der Waals surface area contributed by atoms with Gasteiger partial charge in [0.2, 0.25) is 0 Å². The van der Waals surface area contributed by atoms with Gasteiger partial charge in [-0.3, -0.25) is 4.55 Å². The number of nitrogen functional groups attached to an aromatic ring is 1. The predicted octanol–water partition coefficient (Wildman–Crippen LogP) is 0.0126. The number of ether oxygens (including phenoxy) is 1. The van der Waals surface area contributed by atoms with Gasteiger partial charge in [-0.05, 0) is 25.7 Å². The minimum atomic E-state index is -4.48. The van der Waals surface area contributed by atoms with Crippen LogP contribution in [0.2, 0.25) is 0 Å². The van der Waals surface area contributed by atoms with E-state index in [0.29, 0.717) is 16.1 Å². The molecule has 0 aromatic carbocycles. The van der Waals surface area contributed by atoms with Gasteiger partial charge in [0.1, 0.15) is 35.5 Å². The highest BCUT2D eigenvalue weighted by molar-refractivity contribution is 7.99. The summed E-state index contributed by atoms with van der Waals surface area (Å²) in [6, 6.07) is 0. The summed E-state index contributed by atoms with van der Waals surface area (Å²) in [4.78, 5) is 8.27. The van der Waals surface area contributed by atoms with E-state index in [1.807, 2.05) is 4.72 Å². The number of allylic oxidation sites excluding steroid dienone is 1. The fourth-order valence-electron chi connectivity index (χ4n) is 3.73. The van der Waals surface area contributed by atoms with Gasteiger partial charge in [-0.1, -0.05) is 23.4 Å². The molecule has 0 radical (unpaired) electrons. The molecule has 3 heterocycles. The van der Waals surface area contributed by atoms with Crippen LogP contribution in [0.1, 0.15) is 31.9 Å². The van der Waals surface area contributed by atoms with Gasteiger partial charge in [0.05, 0.1) is 5.39 Å². The fourth-order valence-corrected chi connectivity index (χ4v) is 5.17. The van der Waals surface area contributed by atoms with Crippen molar-refractivity contribution in [3.8, 4) is 0 Å². The highest BCUT2D eigenvalue weighted by Crippen LogP contribution is 2.37. The average Bonchev–Trinajstić information content (AvgIpc) is 3.24. The topological polar surface area (TPSA) is 186 Å². The Labute approximate surface area is 182 Å². The quantitative estimate of drug-likeness (QED) is 0.208. The van der Waals surface area contributed by atoms with E-state index in [1.165, 1.54) is 34.8 Å². The van der Waals surface area contributed by atoms with Crippen molar-refractivity contribution >= 4 is 38.9 Å². The zero-order valence-electron chi connectivity index (χ0n) is 16.5. The van der Waals surface area contributed by atoms with E-state index >= 15 is 0 Å². The second kappa shape index (κ2) is 8.97. The maximum absolute atomic E-state index is 10.9. The monoisotopic (exact) mass is 472 g/mol. The number of fused-ring (bicyclic) bond motifs is 1. The van der Waals surface area contributed by atoms with Crippen LogP contribution in [0.15, 0.2) is 23.0 Å². The molecule has 0 spiro atoms. The van der Waals surface area contributed by atoms with Crippen molar-refractivity contribution in [3.05, 3.63) is 18.0 Å². The summed E-state index contributed by atoms with van der Waals surface area (Å²) >= 11 is 1.48. The summed E-state index contributed by atoms with van der Waals surface area (Å²) in [7, 11) is -4.48. The molecule has 0 amide bonds. The second-order valence-corrected chi connectivity index (χ2v) is 9.68. The van der Waals surface area contributed by atoms with Gasteiger partial charge in [0.25, 0.3) is 0 Å². The Morgan fingerprint density at radius 3 is 2.81 bits per heavy atom. The van der Waals surface area contributed by atoms with Gasteiger partial charge in [-0.15, -0.1) is 0 Å². The minimum absolute atomic E-state index is 0.231. The van der Waals surface area contributed by atoms with Crippen molar-refractivity contribution in [2.24, 2.45) is 0 Å². The summed E-state index contributed by atoms with van der Waals surface area (Å²) in [6.45, 7) is -0.431. The van der Waals surface area contributed by atoms with Crippen LogP contribution < -0.4 is 10.5 Å². The van der Waals surface area contributed by atoms with Crippen molar-refractivity contribution < 1.29 is 27.9 Å². The molecule has 2 aliphatic rings. The van der Waals surface area contributed by atoms with Crippen LogP contribution in [0.4, 0.5) is 5.82 Å². The van der Waals surface area contributed by atoms with Crippen molar-refractivity contribution in [2.45, 2.75) is 55.2 Å². The number of aliphatic hydroxyl groups is 2. The van der Waals surface area contributed by atoms with E-state index < -0.39 is 41.4 Å². The summed E-state index contributed by atoms with van der Waals surface area (Å²) < 4.78 is 39.6. The highest BCUT2D eigenvalue weighted by Gasteiger charge is 2.45. The Kier molecular flexibility index (Phi) is 6.48. The van der Waals surface area contributed by atoms with Gasteiger partial charge in [0, 0.05) is 12.3 Å².